The second-order valence-electron chi connectivity index (χ2n) is 10.7. The third-order valence-electron chi connectivity index (χ3n) is 6.18. The van der Waals surface area contributed by atoms with E-state index < -0.39 is 0 Å². The van der Waals surface area contributed by atoms with E-state index in [1.165, 1.54) is 0 Å². The van der Waals surface area contributed by atoms with Crippen molar-refractivity contribution in [1.82, 2.24) is 10.6 Å². The van der Waals surface area contributed by atoms with Crippen molar-refractivity contribution in [2.45, 2.75) is 85.2 Å². The molecule has 224 valence electrons. The molecule has 0 fully saturated rings. The van der Waals surface area contributed by atoms with Gasteiger partial charge in [-0.25, -0.2) is 0 Å². The number of hydrogen-bond acceptors (Lipinski definition) is 8. The molecule has 8 heteroatoms. The minimum atomic E-state index is 0.0547. The van der Waals surface area contributed by atoms with Crippen molar-refractivity contribution in [3.63, 3.8) is 0 Å². The van der Waals surface area contributed by atoms with Crippen LogP contribution in [0.5, 0.6) is 5.75 Å². The fourth-order valence-corrected chi connectivity index (χ4v) is 3.71. The topological polar surface area (TPSA) is 95.1 Å². The van der Waals surface area contributed by atoms with E-state index in [1.54, 1.807) is 0 Å². The van der Waals surface area contributed by atoms with Gasteiger partial charge in [0.15, 0.2) is 5.78 Å². The zero-order chi connectivity index (χ0) is 28.7. The van der Waals surface area contributed by atoms with Crippen molar-refractivity contribution in [3.05, 3.63) is 29.8 Å². The molecule has 1 aromatic rings. The predicted molar refractivity (Wildman–Crippen MR) is 157 cm³/mol. The predicted octanol–water partition coefficient (Wildman–Crippen LogP) is 4.38. The zero-order valence-electron chi connectivity index (χ0n) is 25.1. The van der Waals surface area contributed by atoms with Gasteiger partial charge in [0.2, 0.25) is 0 Å². The largest absolute Gasteiger partial charge is 0.492 e. The van der Waals surface area contributed by atoms with Crippen molar-refractivity contribution in [2.75, 3.05) is 59.3 Å². The Hall–Kier alpha value is -1.84. The number of hydrogen-bond donors (Lipinski definition) is 2. The van der Waals surface area contributed by atoms with Gasteiger partial charge in [0.1, 0.15) is 24.7 Å². The lowest BCUT2D eigenvalue weighted by Crippen LogP contribution is -2.30. The maximum absolute atomic E-state index is 12.0. The third-order valence-corrected chi connectivity index (χ3v) is 6.18. The van der Waals surface area contributed by atoms with Crippen molar-refractivity contribution in [3.8, 4) is 5.75 Å². The van der Waals surface area contributed by atoms with Gasteiger partial charge in [-0.05, 0) is 56.8 Å². The summed E-state index contributed by atoms with van der Waals surface area (Å²) in [7, 11) is 0. The highest BCUT2D eigenvalue weighted by Crippen LogP contribution is 2.14. The molecule has 2 N–H and O–H groups in total. The Morgan fingerprint density at radius 2 is 1.41 bits per heavy atom. The van der Waals surface area contributed by atoms with Crippen molar-refractivity contribution in [2.24, 2.45) is 5.92 Å². The van der Waals surface area contributed by atoms with E-state index in [1.807, 2.05) is 38.1 Å². The number of unbranched alkanes of at least 4 members (excludes halogenated alkanes) is 1. The first kappa shape index (κ1) is 35.2. The van der Waals surface area contributed by atoms with Crippen LogP contribution in [0, 0.1) is 5.92 Å². The summed E-state index contributed by atoms with van der Waals surface area (Å²) in [5, 5.41) is 6.82. The number of benzene rings is 1. The van der Waals surface area contributed by atoms with Crippen molar-refractivity contribution in [1.29, 1.82) is 0 Å². The van der Waals surface area contributed by atoms with E-state index in [0.29, 0.717) is 58.0 Å². The van der Waals surface area contributed by atoms with Gasteiger partial charge in [0, 0.05) is 44.0 Å². The minimum Gasteiger partial charge on any atom is -0.492 e. The highest BCUT2D eigenvalue weighted by Gasteiger charge is 2.09. The Bertz CT molecular complexity index is 754. The fraction of sp³-hybridized carbons (Fsp3) is 0.742. The number of nitrogens with one attached hydrogen (secondary N) is 2. The maximum atomic E-state index is 12.0. The first-order chi connectivity index (χ1) is 18.8. The first-order valence-electron chi connectivity index (χ1n) is 14.7. The standard InChI is InChI=1S/C31H54N2O6/c1-25(2)31(35)23-28-11-13-30(14-12-28)39-18-16-33-27(5)9-8-10-29(34)24-38-22-21-37-20-19-36-17-7-6-15-32-26(3)4/h11-14,25-27,32-33H,6-10,15-24H2,1-5H3. The fourth-order valence-electron chi connectivity index (χ4n) is 3.71. The van der Waals surface area contributed by atoms with Gasteiger partial charge in [-0.2, -0.15) is 0 Å². The lowest BCUT2D eigenvalue weighted by Gasteiger charge is -2.14. The molecular weight excluding hydrogens is 496 g/mol. The van der Waals surface area contributed by atoms with Gasteiger partial charge in [0.05, 0.1) is 26.4 Å². The molecule has 0 heterocycles. The highest BCUT2D eigenvalue weighted by atomic mass is 16.5. The number of ketones is 2. The van der Waals surface area contributed by atoms with Crippen LogP contribution in [0.2, 0.25) is 0 Å². The van der Waals surface area contributed by atoms with E-state index >= 15 is 0 Å². The molecular formula is C31H54N2O6. The van der Waals surface area contributed by atoms with Crippen LogP contribution in [0.15, 0.2) is 24.3 Å². The van der Waals surface area contributed by atoms with Crippen molar-refractivity contribution < 1.29 is 28.5 Å². The molecule has 0 aliphatic carbocycles. The average molecular weight is 551 g/mol. The average Bonchev–Trinajstić information content (AvgIpc) is 2.90. The number of carbonyl (C=O) groups is 2. The molecule has 1 atom stereocenters. The van der Waals surface area contributed by atoms with E-state index in [0.717, 1.165) is 56.7 Å². The Labute approximate surface area is 236 Å². The summed E-state index contributed by atoms with van der Waals surface area (Å²) < 4.78 is 22.3. The zero-order valence-corrected chi connectivity index (χ0v) is 25.1. The second kappa shape index (κ2) is 22.9. The van der Waals surface area contributed by atoms with E-state index in [-0.39, 0.29) is 24.1 Å². The lowest BCUT2D eigenvalue weighted by atomic mass is 10.0. The summed E-state index contributed by atoms with van der Waals surface area (Å²) in [4.78, 5) is 23.9. The van der Waals surface area contributed by atoms with Crippen LogP contribution in [0.1, 0.15) is 72.3 Å². The lowest BCUT2D eigenvalue weighted by molar-refractivity contribution is -0.124. The SMILES string of the molecule is CC(C)NCCCCOCCOCCOCC(=O)CCCC(C)NCCOc1ccc(CC(=O)C(C)C)cc1. The second-order valence-corrected chi connectivity index (χ2v) is 10.7. The van der Waals surface area contributed by atoms with Gasteiger partial charge in [-0.15, -0.1) is 0 Å². The molecule has 1 aromatic carbocycles. The first-order valence-corrected chi connectivity index (χ1v) is 14.7. The molecule has 1 unspecified atom stereocenters. The van der Waals surface area contributed by atoms with Crippen LogP contribution < -0.4 is 15.4 Å². The summed E-state index contributed by atoms with van der Waals surface area (Å²) in [6, 6.07) is 8.56. The molecule has 0 saturated heterocycles. The molecule has 0 amide bonds. The minimum absolute atomic E-state index is 0.0547. The summed E-state index contributed by atoms with van der Waals surface area (Å²) >= 11 is 0. The third kappa shape index (κ3) is 20.7. The Morgan fingerprint density at radius 1 is 0.744 bits per heavy atom. The molecule has 0 radical (unpaired) electrons. The van der Waals surface area contributed by atoms with Gasteiger partial charge in [-0.1, -0.05) is 39.8 Å². The summed E-state index contributed by atoms with van der Waals surface area (Å²) in [5.41, 5.74) is 1.01. The van der Waals surface area contributed by atoms with Gasteiger partial charge >= 0.3 is 0 Å². The number of carbonyl (C=O) groups excluding carboxylic acids is 2. The van der Waals surface area contributed by atoms with E-state index in [2.05, 4.69) is 31.4 Å². The monoisotopic (exact) mass is 550 g/mol. The van der Waals surface area contributed by atoms with Gasteiger partial charge < -0.3 is 29.6 Å². The highest BCUT2D eigenvalue weighted by molar-refractivity contribution is 5.82. The summed E-state index contributed by atoms with van der Waals surface area (Å²) in [5.74, 6) is 1.23. The Kier molecular flexibility index (Phi) is 20.7. The van der Waals surface area contributed by atoms with E-state index in [4.69, 9.17) is 18.9 Å². The molecule has 0 spiro atoms. The molecule has 0 aliphatic rings. The number of ether oxygens (including phenoxy) is 4. The molecule has 39 heavy (non-hydrogen) atoms. The van der Waals surface area contributed by atoms with Crippen LogP contribution in [0.4, 0.5) is 0 Å². The molecule has 0 saturated carbocycles. The summed E-state index contributed by atoms with van der Waals surface area (Å²) in [6.45, 7) is 15.5. The molecule has 8 nitrogen and oxygen atoms in total. The quantitative estimate of drug-likeness (QED) is 0.164. The smallest absolute Gasteiger partial charge is 0.158 e. The Morgan fingerprint density at radius 3 is 2.08 bits per heavy atom. The molecule has 0 bridgehead atoms. The van der Waals surface area contributed by atoms with Gasteiger partial charge in [0.25, 0.3) is 0 Å². The van der Waals surface area contributed by atoms with Crippen LogP contribution in [0.3, 0.4) is 0 Å². The Balaban J connectivity index is 1.92. The number of Topliss-reactive ketones (excluding diaryl/α,β-unsaturated/α-hetero) is 2. The normalized spacial score (nSPS) is 12.3. The maximum Gasteiger partial charge on any atom is 0.158 e. The number of rotatable bonds is 26. The van der Waals surface area contributed by atoms with Gasteiger partial charge in [-0.3, -0.25) is 9.59 Å². The molecule has 0 aromatic heterocycles. The van der Waals surface area contributed by atoms with Crippen LogP contribution in [-0.2, 0) is 30.2 Å². The molecule has 0 aliphatic heterocycles. The van der Waals surface area contributed by atoms with Crippen molar-refractivity contribution >= 4 is 11.6 Å². The van der Waals surface area contributed by atoms with Crippen LogP contribution in [-0.4, -0.2) is 83.0 Å². The van der Waals surface area contributed by atoms with Crippen LogP contribution in [0.25, 0.3) is 0 Å². The van der Waals surface area contributed by atoms with E-state index in [9.17, 15) is 9.59 Å². The van der Waals surface area contributed by atoms with Crippen LogP contribution >= 0.6 is 0 Å². The summed E-state index contributed by atoms with van der Waals surface area (Å²) in [6.07, 6.45) is 4.90. The molecule has 1 rings (SSSR count).